The number of hydrogen-bond donors (Lipinski definition) is 1. The van der Waals surface area contributed by atoms with Crippen LogP contribution in [0.25, 0.3) is 0 Å². The maximum absolute atomic E-state index is 6.03. The molecule has 2 N–H and O–H groups in total. The fourth-order valence-electron chi connectivity index (χ4n) is 2.82. The average Bonchev–Trinajstić information content (AvgIpc) is 2.78. The zero-order chi connectivity index (χ0) is 11.6. The molecule has 88 valence electrons. The summed E-state index contributed by atoms with van der Waals surface area (Å²) in [4.78, 5) is 0. The van der Waals surface area contributed by atoms with Gasteiger partial charge in [0.1, 0.15) is 0 Å². The highest BCUT2D eigenvalue weighted by molar-refractivity contribution is 9.10. The fraction of sp³-hybridized carbons (Fsp3) is 0.571. The predicted octanol–water partition coefficient (Wildman–Crippen LogP) is 3.78. The van der Waals surface area contributed by atoms with E-state index in [1.54, 1.807) is 0 Å². The molecule has 2 rings (SSSR count). The van der Waals surface area contributed by atoms with Crippen LogP contribution in [0.4, 0.5) is 0 Å². The Morgan fingerprint density at radius 1 is 1.25 bits per heavy atom. The van der Waals surface area contributed by atoms with Gasteiger partial charge in [-0.05, 0) is 42.5 Å². The second kappa shape index (κ2) is 4.89. The molecule has 0 amide bonds. The maximum Gasteiger partial charge on any atom is 0.0180 e. The summed E-state index contributed by atoms with van der Waals surface area (Å²) < 4.78 is 1.20. The maximum atomic E-state index is 6.03. The monoisotopic (exact) mass is 281 g/mol. The van der Waals surface area contributed by atoms with Gasteiger partial charge in [0.15, 0.2) is 0 Å². The van der Waals surface area contributed by atoms with Crippen molar-refractivity contribution < 1.29 is 0 Å². The summed E-state index contributed by atoms with van der Waals surface area (Å²) in [6.45, 7) is 2.99. The van der Waals surface area contributed by atoms with Crippen LogP contribution in [0.15, 0.2) is 22.7 Å². The molecule has 0 saturated heterocycles. The van der Waals surface area contributed by atoms with Crippen molar-refractivity contribution in [3.8, 4) is 0 Å². The minimum atomic E-state index is 0.258. The van der Waals surface area contributed by atoms with E-state index in [1.807, 2.05) is 0 Å². The van der Waals surface area contributed by atoms with Crippen molar-refractivity contribution in [2.45, 2.75) is 44.4 Å². The Labute approximate surface area is 107 Å². The Balaban J connectivity index is 2.41. The molecule has 0 unspecified atom stereocenters. The molecule has 0 spiro atoms. The molecule has 1 aliphatic rings. The van der Waals surface area contributed by atoms with Crippen molar-refractivity contribution in [2.75, 3.05) is 6.54 Å². The molecule has 1 fully saturated rings. The van der Waals surface area contributed by atoms with Crippen molar-refractivity contribution in [3.05, 3.63) is 33.8 Å². The van der Waals surface area contributed by atoms with E-state index in [0.717, 1.165) is 13.0 Å². The SMILES string of the molecule is CCc1cc(Br)cc(C2(CN)CCCC2)c1. The van der Waals surface area contributed by atoms with E-state index < -0.39 is 0 Å². The minimum absolute atomic E-state index is 0.258. The van der Waals surface area contributed by atoms with Crippen LogP contribution in [-0.2, 0) is 11.8 Å². The highest BCUT2D eigenvalue weighted by atomic mass is 79.9. The van der Waals surface area contributed by atoms with Gasteiger partial charge in [0.2, 0.25) is 0 Å². The van der Waals surface area contributed by atoms with Crippen LogP contribution in [0.3, 0.4) is 0 Å². The molecule has 1 saturated carbocycles. The Hall–Kier alpha value is -0.340. The van der Waals surface area contributed by atoms with Gasteiger partial charge in [-0.25, -0.2) is 0 Å². The first-order valence-electron chi connectivity index (χ1n) is 6.20. The Kier molecular flexibility index (Phi) is 3.70. The van der Waals surface area contributed by atoms with E-state index in [1.165, 1.54) is 41.3 Å². The normalized spacial score (nSPS) is 18.9. The molecule has 0 aromatic heterocycles. The van der Waals surface area contributed by atoms with Crippen molar-refractivity contribution >= 4 is 15.9 Å². The molecule has 1 aromatic carbocycles. The van der Waals surface area contributed by atoms with Crippen molar-refractivity contribution in [3.63, 3.8) is 0 Å². The Morgan fingerprint density at radius 2 is 1.94 bits per heavy atom. The summed E-state index contributed by atoms with van der Waals surface area (Å²) in [5.41, 5.74) is 9.13. The number of benzene rings is 1. The lowest BCUT2D eigenvalue weighted by atomic mass is 9.78. The number of aryl methyl sites for hydroxylation is 1. The van der Waals surface area contributed by atoms with Gasteiger partial charge in [0.25, 0.3) is 0 Å². The smallest absolute Gasteiger partial charge is 0.0180 e. The van der Waals surface area contributed by atoms with Crippen LogP contribution in [0, 0.1) is 0 Å². The van der Waals surface area contributed by atoms with E-state index in [0.29, 0.717) is 0 Å². The summed E-state index contributed by atoms with van der Waals surface area (Å²) in [5.74, 6) is 0. The molecule has 0 heterocycles. The van der Waals surface area contributed by atoms with Gasteiger partial charge < -0.3 is 5.73 Å². The highest BCUT2D eigenvalue weighted by Gasteiger charge is 2.34. The topological polar surface area (TPSA) is 26.0 Å². The number of nitrogens with two attached hydrogens (primary N) is 1. The molecule has 1 aliphatic carbocycles. The molecule has 16 heavy (non-hydrogen) atoms. The molecule has 2 heteroatoms. The fourth-order valence-corrected chi connectivity index (χ4v) is 3.36. The number of halogens is 1. The minimum Gasteiger partial charge on any atom is -0.330 e. The summed E-state index contributed by atoms with van der Waals surface area (Å²) in [7, 11) is 0. The van der Waals surface area contributed by atoms with Crippen LogP contribution in [-0.4, -0.2) is 6.54 Å². The molecule has 0 atom stereocenters. The lowest BCUT2D eigenvalue weighted by Gasteiger charge is -2.28. The molecule has 1 nitrogen and oxygen atoms in total. The zero-order valence-electron chi connectivity index (χ0n) is 9.93. The molecular formula is C14H20BrN. The summed E-state index contributed by atoms with van der Waals surface area (Å²) in [5, 5.41) is 0. The van der Waals surface area contributed by atoms with Crippen molar-refractivity contribution in [1.82, 2.24) is 0 Å². The first-order valence-corrected chi connectivity index (χ1v) is 6.99. The van der Waals surface area contributed by atoms with Gasteiger partial charge >= 0.3 is 0 Å². The summed E-state index contributed by atoms with van der Waals surface area (Å²) in [6.07, 6.45) is 6.25. The third kappa shape index (κ3) is 2.18. The van der Waals surface area contributed by atoms with Crippen molar-refractivity contribution in [2.24, 2.45) is 5.73 Å². The van der Waals surface area contributed by atoms with Gasteiger partial charge in [0.05, 0.1) is 0 Å². The van der Waals surface area contributed by atoms with E-state index in [2.05, 4.69) is 41.1 Å². The zero-order valence-corrected chi connectivity index (χ0v) is 11.5. The quantitative estimate of drug-likeness (QED) is 0.897. The van der Waals surface area contributed by atoms with Gasteiger partial charge in [-0.15, -0.1) is 0 Å². The largest absolute Gasteiger partial charge is 0.330 e. The van der Waals surface area contributed by atoms with Gasteiger partial charge in [-0.3, -0.25) is 0 Å². The number of hydrogen-bond acceptors (Lipinski definition) is 1. The van der Waals surface area contributed by atoms with E-state index in [4.69, 9.17) is 5.73 Å². The van der Waals surface area contributed by atoms with Crippen LogP contribution < -0.4 is 5.73 Å². The van der Waals surface area contributed by atoms with Crippen LogP contribution >= 0.6 is 15.9 Å². The molecule has 1 aromatic rings. The van der Waals surface area contributed by atoms with Gasteiger partial charge in [-0.1, -0.05) is 41.8 Å². The first-order chi connectivity index (χ1) is 7.70. The third-order valence-electron chi connectivity index (χ3n) is 3.93. The second-order valence-corrected chi connectivity index (χ2v) is 5.81. The Morgan fingerprint density at radius 3 is 2.50 bits per heavy atom. The van der Waals surface area contributed by atoms with Gasteiger partial charge in [-0.2, -0.15) is 0 Å². The van der Waals surface area contributed by atoms with Crippen molar-refractivity contribution in [1.29, 1.82) is 0 Å². The van der Waals surface area contributed by atoms with Crippen LogP contribution in [0.2, 0.25) is 0 Å². The average molecular weight is 282 g/mol. The number of rotatable bonds is 3. The standard InChI is InChI=1S/C14H20BrN/c1-2-11-7-12(9-13(15)8-11)14(10-16)5-3-4-6-14/h7-9H,2-6,10,16H2,1H3. The predicted molar refractivity (Wildman–Crippen MR) is 72.7 cm³/mol. The molecule has 0 bridgehead atoms. The lowest BCUT2D eigenvalue weighted by Crippen LogP contribution is -2.32. The van der Waals surface area contributed by atoms with E-state index >= 15 is 0 Å². The molecular weight excluding hydrogens is 262 g/mol. The molecule has 0 aliphatic heterocycles. The van der Waals surface area contributed by atoms with E-state index in [9.17, 15) is 0 Å². The Bertz CT molecular complexity index is 367. The highest BCUT2D eigenvalue weighted by Crippen LogP contribution is 2.41. The summed E-state index contributed by atoms with van der Waals surface area (Å²) >= 11 is 3.61. The lowest BCUT2D eigenvalue weighted by molar-refractivity contribution is 0.452. The first kappa shape index (κ1) is 12.1. The summed E-state index contributed by atoms with van der Waals surface area (Å²) in [6, 6.07) is 6.82. The molecule has 0 radical (unpaired) electrons. The van der Waals surface area contributed by atoms with Crippen LogP contribution in [0.1, 0.15) is 43.7 Å². The van der Waals surface area contributed by atoms with Crippen LogP contribution in [0.5, 0.6) is 0 Å². The second-order valence-electron chi connectivity index (χ2n) is 4.89. The van der Waals surface area contributed by atoms with E-state index in [-0.39, 0.29) is 5.41 Å². The third-order valence-corrected chi connectivity index (χ3v) is 4.39. The van der Waals surface area contributed by atoms with Gasteiger partial charge in [0, 0.05) is 16.4 Å².